The molecule has 1 atom stereocenters. The summed E-state index contributed by atoms with van der Waals surface area (Å²) in [6, 6.07) is 0.0750. The fourth-order valence-electron chi connectivity index (χ4n) is 1.88. The molecule has 2 rings (SSSR count). The summed E-state index contributed by atoms with van der Waals surface area (Å²) in [5.74, 6) is -0.567. The van der Waals surface area contributed by atoms with E-state index in [0.29, 0.717) is 25.2 Å². The van der Waals surface area contributed by atoms with E-state index in [1.807, 2.05) is 0 Å². The molecule has 7 heteroatoms. The number of carboxylic acid groups (broad SMARTS) is 1. The number of aromatic carboxylic acids is 1. The summed E-state index contributed by atoms with van der Waals surface area (Å²) in [5, 5.41) is 11.9. The molecule has 1 saturated heterocycles. The Morgan fingerprint density at radius 3 is 3.00 bits per heavy atom. The van der Waals surface area contributed by atoms with Gasteiger partial charge in [-0.15, -0.1) is 0 Å². The van der Waals surface area contributed by atoms with Gasteiger partial charge < -0.3 is 15.3 Å². The topological polar surface area (TPSA) is 95.4 Å². The first-order valence-corrected chi connectivity index (χ1v) is 5.62. The van der Waals surface area contributed by atoms with E-state index in [0.717, 1.165) is 0 Å². The maximum atomic E-state index is 11.3. The molecule has 1 fully saturated rings. The Morgan fingerprint density at radius 1 is 1.56 bits per heavy atom. The van der Waals surface area contributed by atoms with Gasteiger partial charge in [-0.2, -0.15) is 0 Å². The second kappa shape index (κ2) is 4.99. The normalized spacial score (nSPS) is 19.7. The van der Waals surface area contributed by atoms with E-state index in [1.54, 1.807) is 11.9 Å². The molecule has 2 heterocycles. The Labute approximate surface area is 104 Å². The maximum absolute atomic E-state index is 11.3. The van der Waals surface area contributed by atoms with Gasteiger partial charge in [0.25, 0.3) is 0 Å². The van der Waals surface area contributed by atoms with Crippen molar-refractivity contribution < 1.29 is 14.7 Å². The number of carboxylic acids is 1. The lowest BCUT2D eigenvalue weighted by Crippen LogP contribution is -2.43. The average Bonchev–Trinajstić information content (AvgIpc) is 2.34. The third-order valence-corrected chi connectivity index (χ3v) is 2.83. The second-order valence-corrected chi connectivity index (χ2v) is 4.25. The van der Waals surface area contributed by atoms with Crippen molar-refractivity contribution in [3.8, 4) is 0 Å². The smallest absolute Gasteiger partial charge is 0.356 e. The predicted octanol–water partition coefficient (Wildman–Crippen LogP) is 0.207. The van der Waals surface area contributed by atoms with Gasteiger partial charge in [-0.25, -0.2) is 9.78 Å². The molecule has 1 aliphatic heterocycles. The number of anilines is 1. The van der Waals surface area contributed by atoms with E-state index in [4.69, 9.17) is 5.11 Å². The Kier molecular flexibility index (Phi) is 3.40. The molecule has 0 aliphatic carbocycles. The summed E-state index contributed by atoms with van der Waals surface area (Å²) in [7, 11) is 1.75. The van der Waals surface area contributed by atoms with Crippen molar-refractivity contribution in [1.29, 1.82) is 0 Å². The van der Waals surface area contributed by atoms with Crippen LogP contribution in [-0.2, 0) is 4.79 Å². The lowest BCUT2D eigenvalue weighted by molar-refractivity contribution is -0.132. The zero-order chi connectivity index (χ0) is 13.1. The number of rotatable bonds is 3. The number of nitrogens with one attached hydrogen (secondary N) is 1. The van der Waals surface area contributed by atoms with E-state index >= 15 is 0 Å². The number of likely N-dealkylation sites (tertiary alicyclic amines) is 1. The zero-order valence-electron chi connectivity index (χ0n) is 9.96. The maximum Gasteiger partial charge on any atom is 0.356 e. The third-order valence-electron chi connectivity index (χ3n) is 2.83. The Bertz CT molecular complexity index is 477. The van der Waals surface area contributed by atoms with Gasteiger partial charge in [0.2, 0.25) is 5.91 Å². The minimum Gasteiger partial charge on any atom is -0.476 e. The predicted molar refractivity (Wildman–Crippen MR) is 63.3 cm³/mol. The van der Waals surface area contributed by atoms with Crippen molar-refractivity contribution in [2.45, 2.75) is 18.9 Å². The SMILES string of the molecule is CN1CC(Nc2cncc(C(=O)O)n2)CCC1=O. The summed E-state index contributed by atoms with van der Waals surface area (Å²) in [6.45, 7) is 0.581. The van der Waals surface area contributed by atoms with Crippen LogP contribution in [0.5, 0.6) is 0 Å². The number of likely N-dealkylation sites (N-methyl/N-ethyl adjacent to an activating group) is 1. The van der Waals surface area contributed by atoms with Crippen molar-refractivity contribution in [2.75, 3.05) is 18.9 Å². The zero-order valence-corrected chi connectivity index (χ0v) is 9.96. The van der Waals surface area contributed by atoms with Gasteiger partial charge in [0.1, 0.15) is 5.82 Å². The van der Waals surface area contributed by atoms with Crippen LogP contribution >= 0.6 is 0 Å². The van der Waals surface area contributed by atoms with Crippen LogP contribution in [0.4, 0.5) is 5.82 Å². The summed E-state index contributed by atoms with van der Waals surface area (Å²) in [5.41, 5.74) is -0.0970. The van der Waals surface area contributed by atoms with Crippen LogP contribution in [0, 0.1) is 0 Å². The van der Waals surface area contributed by atoms with Crippen molar-refractivity contribution in [3.05, 3.63) is 18.1 Å². The molecule has 96 valence electrons. The molecule has 0 bridgehead atoms. The summed E-state index contributed by atoms with van der Waals surface area (Å²) < 4.78 is 0. The molecule has 2 N–H and O–H groups in total. The van der Waals surface area contributed by atoms with Gasteiger partial charge >= 0.3 is 5.97 Å². The van der Waals surface area contributed by atoms with Crippen molar-refractivity contribution in [2.24, 2.45) is 0 Å². The average molecular weight is 250 g/mol. The van der Waals surface area contributed by atoms with Crippen LogP contribution in [0.3, 0.4) is 0 Å². The number of hydrogen-bond donors (Lipinski definition) is 2. The number of carbonyl (C=O) groups is 2. The van der Waals surface area contributed by atoms with Crippen LogP contribution in [0.2, 0.25) is 0 Å². The van der Waals surface area contributed by atoms with Gasteiger partial charge in [0, 0.05) is 26.1 Å². The molecular weight excluding hydrogens is 236 g/mol. The van der Waals surface area contributed by atoms with E-state index in [9.17, 15) is 9.59 Å². The van der Waals surface area contributed by atoms with Crippen LogP contribution in [0.1, 0.15) is 23.3 Å². The van der Waals surface area contributed by atoms with E-state index in [2.05, 4.69) is 15.3 Å². The van der Waals surface area contributed by atoms with E-state index in [-0.39, 0.29) is 17.6 Å². The van der Waals surface area contributed by atoms with Gasteiger partial charge in [-0.05, 0) is 6.42 Å². The van der Waals surface area contributed by atoms with E-state index < -0.39 is 5.97 Å². The summed E-state index contributed by atoms with van der Waals surface area (Å²) >= 11 is 0. The highest BCUT2D eigenvalue weighted by Gasteiger charge is 2.23. The quantitative estimate of drug-likeness (QED) is 0.796. The highest BCUT2D eigenvalue weighted by atomic mass is 16.4. The van der Waals surface area contributed by atoms with Gasteiger partial charge in [-0.1, -0.05) is 0 Å². The van der Waals surface area contributed by atoms with E-state index in [1.165, 1.54) is 12.4 Å². The second-order valence-electron chi connectivity index (χ2n) is 4.25. The van der Waals surface area contributed by atoms with Crippen molar-refractivity contribution in [3.63, 3.8) is 0 Å². The first-order chi connectivity index (χ1) is 8.56. The largest absolute Gasteiger partial charge is 0.476 e. The Balaban J connectivity index is 2.03. The lowest BCUT2D eigenvalue weighted by Gasteiger charge is -2.30. The van der Waals surface area contributed by atoms with Crippen LogP contribution < -0.4 is 5.32 Å². The molecule has 1 aromatic heterocycles. The van der Waals surface area contributed by atoms with Crippen molar-refractivity contribution in [1.82, 2.24) is 14.9 Å². The van der Waals surface area contributed by atoms with Crippen molar-refractivity contribution >= 4 is 17.7 Å². The fourth-order valence-corrected chi connectivity index (χ4v) is 1.88. The van der Waals surface area contributed by atoms with Gasteiger partial charge in [0.15, 0.2) is 5.69 Å². The molecule has 0 saturated carbocycles. The summed E-state index contributed by atoms with van der Waals surface area (Å²) in [4.78, 5) is 31.5. The molecule has 0 spiro atoms. The van der Waals surface area contributed by atoms with Crippen LogP contribution in [0.15, 0.2) is 12.4 Å². The summed E-state index contributed by atoms with van der Waals surface area (Å²) in [6.07, 6.45) is 3.87. The van der Waals surface area contributed by atoms with Gasteiger partial charge in [-0.3, -0.25) is 9.78 Å². The molecule has 1 aromatic rings. The van der Waals surface area contributed by atoms with Crippen LogP contribution in [0.25, 0.3) is 0 Å². The van der Waals surface area contributed by atoms with Gasteiger partial charge in [0.05, 0.1) is 12.4 Å². The fraction of sp³-hybridized carbons (Fsp3) is 0.455. The first kappa shape index (κ1) is 12.3. The molecule has 1 amide bonds. The first-order valence-electron chi connectivity index (χ1n) is 5.62. The number of carbonyl (C=O) groups excluding carboxylic acids is 1. The number of amides is 1. The number of nitrogens with zero attached hydrogens (tertiary/aromatic N) is 3. The highest BCUT2D eigenvalue weighted by Crippen LogP contribution is 2.14. The monoisotopic (exact) mass is 250 g/mol. The molecule has 0 aromatic carbocycles. The highest BCUT2D eigenvalue weighted by molar-refractivity contribution is 5.85. The molecule has 7 nitrogen and oxygen atoms in total. The number of hydrogen-bond acceptors (Lipinski definition) is 5. The molecule has 0 radical (unpaired) electrons. The lowest BCUT2D eigenvalue weighted by atomic mass is 10.1. The molecular formula is C11H14N4O3. The Hall–Kier alpha value is -2.18. The number of aromatic nitrogens is 2. The molecule has 18 heavy (non-hydrogen) atoms. The molecule has 1 aliphatic rings. The van der Waals surface area contributed by atoms with Crippen LogP contribution in [-0.4, -0.2) is 51.5 Å². The number of piperidine rings is 1. The third kappa shape index (κ3) is 2.73. The minimum absolute atomic E-state index is 0.0750. The Morgan fingerprint density at radius 2 is 2.33 bits per heavy atom. The standard InChI is InChI=1S/C11H14N4O3/c1-15-6-7(2-3-10(15)16)13-9-5-12-4-8(14-9)11(17)18/h4-5,7H,2-3,6H2,1H3,(H,13,14)(H,17,18). The molecule has 1 unspecified atom stereocenters. The minimum atomic E-state index is -1.11.